The Labute approximate surface area is 114 Å². The van der Waals surface area contributed by atoms with Gasteiger partial charge in [0.15, 0.2) is 0 Å². The maximum absolute atomic E-state index is 12.2. The smallest absolute Gasteiger partial charge is 0.304 e. The first kappa shape index (κ1) is 14.3. The molecule has 2 aliphatic rings. The fourth-order valence-corrected chi connectivity index (χ4v) is 3.07. The molecule has 2 aliphatic heterocycles. The summed E-state index contributed by atoms with van der Waals surface area (Å²) in [5.41, 5.74) is 0. The highest BCUT2D eigenvalue weighted by atomic mass is 16.4. The summed E-state index contributed by atoms with van der Waals surface area (Å²) in [6.45, 7) is 5.19. The van der Waals surface area contributed by atoms with Crippen LogP contribution in [0.1, 0.15) is 39.0 Å². The number of hydrogen-bond donors (Lipinski definition) is 1. The van der Waals surface area contributed by atoms with Crippen molar-refractivity contribution in [3.8, 4) is 0 Å². The molecule has 0 spiro atoms. The van der Waals surface area contributed by atoms with Crippen molar-refractivity contribution < 1.29 is 14.7 Å². The SMILES string of the molecule is CC1CCN(C(=O)CN2CCCC2CC(=O)O)CC1. The monoisotopic (exact) mass is 268 g/mol. The lowest BCUT2D eigenvalue weighted by atomic mass is 9.99. The standard InChI is InChI=1S/C14H24N2O3/c1-11-4-7-15(8-5-11)13(17)10-16-6-2-3-12(16)9-14(18)19/h11-12H,2-10H2,1H3,(H,18,19). The van der Waals surface area contributed by atoms with Crippen LogP contribution in [0.5, 0.6) is 0 Å². The summed E-state index contributed by atoms with van der Waals surface area (Å²) in [6.07, 6.45) is 4.23. The van der Waals surface area contributed by atoms with Crippen LogP contribution in [-0.2, 0) is 9.59 Å². The number of rotatable bonds is 4. The minimum Gasteiger partial charge on any atom is -0.481 e. The van der Waals surface area contributed by atoms with Gasteiger partial charge in [0.1, 0.15) is 0 Å². The Hall–Kier alpha value is -1.10. The lowest BCUT2D eigenvalue weighted by molar-refractivity contribution is -0.140. The molecule has 108 valence electrons. The molecular weight excluding hydrogens is 244 g/mol. The van der Waals surface area contributed by atoms with Gasteiger partial charge in [0, 0.05) is 19.1 Å². The molecule has 0 aromatic carbocycles. The quantitative estimate of drug-likeness (QED) is 0.832. The molecule has 0 aliphatic carbocycles. The number of hydrogen-bond acceptors (Lipinski definition) is 3. The molecule has 2 saturated heterocycles. The van der Waals surface area contributed by atoms with E-state index in [2.05, 4.69) is 11.8 Å². The van der Waals surface area contributed by atoms with E-state index in [1.165, 1.54) is 0 Å². The zero-order valence-corrected chi connectivity index (χ0v) is 11.7. The molecule has 1 N–H and O–H groups in total. The number of carboxylic acids is 1. The molecule has 2 heterocycles. The van der Waals surface area contributed by atoms with Crippen molar-refractivity contribution in [2.75, 3.05) is 26.2 Å². The first-order valence-corrected chi connectivity index (χ1v) is 7.30. The van der Waals surface area contributed by atoms with Crippen LogP contribution in [0.2, 0.25) is 0 Å². The number of carbonyl (C=O) groups excluding carboxylic acids is 1. The van der Waals surface area contributed by atoms with Crippen molar-refractivity contribution >= 4 is 11.9 Å². The van der Waals surface area contributed by atoms with Crippen LogP contribution in [0.4, 0.5) is 0 Å². The van der Waals surface area contributed by atoms with Crippen molar-refractivity contribution in [1.82, 2.24) is 9.80 Å². The van der Waals surface area contributed by atoms with Gasteiger partial charge in [-0.2, -0.15) is 0 Å². The normalized spacial score (nSPS) is 25.7. The first-order chi connectivity index (χ1) is 9.06. The lowest BCUT2D eigenvalue weighted by Gasteiger charge is -2.32. The zero-order valence-electron chi connectivity index (χ0n) is 11.7. The third kappa shape index (κ3) is 3.93. The Kier molecular flexibility index (Phi) is 4.80. The summed E-state index contributed by atoms with van der Waals surface area (Å²) in [7, 11) is 0. The summed E-state index contributed by atoms with van der Waals surface area (Å²) in [5.74, 6) is 0.121. The van der Waals surface area contributed by atoms with Crippen LogP contribution >= 0.6 is 0 Å². The fourth-order valence-electron chi connectivity index (χ4n) is 3.07. The average molecular weight is 268 g/mol. The number of aliphatic carboxylic acids is 1. The molecule has 0 saturated carbocycles. The summed E-state index contributed by atoms with van der Waals surface area (Å²) < 4.78 is 0. The molecule has 5 nitrogen and oxygen atoms in total. The minimum absolute atomic E-state index is 0.0464. The topological polar surface area (TPSA) is 60.9 Å². The van der Waals surface area contributed by atoms with Crippen LogP contribution in [0.15, 0.2) is 0 Å². The van der Waals surface area contributed by atoms with Crippen LogP contribution in [0.25, 0.3) is 0 Å². The van der Waals surface area contributed by atoms with Crippen LogP contribution in [-0.4, -0.2) is 59.0 Å². The van der Waals surface area contributed by atoms with E-state index < -0.39 is 5.97 Å². The summed E-state index contributed by atoms with van der Waals surface area (Å²) >= 11 is 0. The molecule has 0 bridgehead atoms. The predicted molar refractivity (Wildman–Crippen MR) is 71.8 cm³/mol. The minimum atomic E-state index is -0.767. The Morgan fingerprint density at radius 1 is 1.16 bits per heavy atom. The molecule has 0 aromatic rings. The maximum atomic E-state index is 12.2. The van der Waals surface area contributed by atoms with Gasteiger partial charge in [-0.15, -0.1) is 0 Å². The first-order valence-electron chi connectivity index (χ1n) is 7.30. The predicted octanol–water partition coefficient (Wildman–Crippen LogP) is 1.18. The second-order valence-electron chi connectivity index (χ2n) is 5.93. The number of carboxylic acid groups (broad SMARTS) is 1. The fraction of sp³-hybridized carbons (Fsp3) is 0.857. The molecular formula is C14H24N2O3. The van der Waals surface area contributed by atoms with E-state index in [1.807, 2.05) is 4.90 Å². The Morgan fingerprint density at radius 3 is 2.47 bits per heavy atom. The molecule has 2 fully saturated rings. The van der Waals surface area contributed by atoms with E-state index in [0.717, 1.165) is 51.2 Å². The zero-order chi connectivity index (χ0) is 13.8. The molecule has 2 rings (SSSR count). The number of nitrogens with zero attached hydrogens (tertiary/aromatic N) is 2. The van der Waals surface area contributed by atoms with Gasteiger partial charge in [-0.25, -0.2) is 0 Å². The van der Waals surface area contributed by atoms with Crippen molar-refractivity contribution in [2.24, 2.45) is 5.92 Å². The van der Waals surface area contributed by atoms with Gasteiger partial charge in [0.25, 0.3) is 0 Å². The second-order valence-corrected chi connectivity index (χ2v) is 5.93. The molecule has 1 amide bonds. The third-order valence-corrected chi connectivity index (χ3v) is 4.38. The third-order valence-electron chi connectivity index (χ3n) is 4.38. The molecule has 1 atom stereocenters. The Morgan fingerprint density at radius 2 is 1.84 bits per heavy atom. The van der Waals surface area contributed by atoms with E-state index in [1.54, 1.807) is 0 Å². The van der Waals surface area contributed by atoms with E-state index >= 15 is 0 Å². The Bertz CT molecular complexity index is 338. The van der Waals surface area contributed by atoms with Gasteiger partial charge < -0.3 is 10.0 Å². The number of carbonyl (C=O) groups is 2. The van der Waals surface area contributed by atoms with E-state index in [0.29, 0.717) is 6.54 Å². The number of likely N-dealkylation sites (tertiary alicyclic amines) is 2. The second kappa shape index (κ2) is 6.37. The van der Waals surface area contributed by atoms with Crippen molar-refractivity contribution in [3.05, 3.63) is 0 Å². The molecule has 1 unspecified atom stereocenters. The molecule has 0 aromatic heterocycles. The van der Waals surface area contributed by atoms with Gasteiger partial charge in [-0.3, -0.25) is 14.5 Å². The van der Waals surface area contributed by atoms with Crippen LogP contribution < -0.4 is 0 Å². The highest BCUT2D eigenvalue weighted by molar-refractivity contribution is 5.78. The van der Waals surface area contributed by atoms with Crippen molar-refractivity contribution in [1.29, 1.82) is 0 Å². The Balaban J connectivity index is 1.82. The lowest BCUT2D eigenvalue weighted by Crippen LogP contribution is -2.45. The summed E-state index contributed by atoms with van der Waals surface area (Å²) in [4.78, 5) is 27.0. The highest BCUT2D eigenvalue weighted by Crippen LogP contribution is 2.21. The largest absolute Gasteiger partial charge is 0.481 e. The van der Waals surface area contributed by atoms with Gasteiger partial charge in [-0.05, 0) is 38.1 Å². The van der Waals surface area contributed by atoms with E-state index in [4.69, 9.17) is 5.11 Å². The van der Waals surface area contributed by atoms with Crippen LogP contribution in [0, 0.1) is 5.92 Å². The summed E-state index contributed by atoms with van der Waals surface area (Å²) in [5, 5.41) is 8.88. The number of amides is 1. The van der Waals surface area contributed by atoms with Crippen molar-refractivity contribution in [2.45, 2.75) is 45.1 Å². The summed E-state index contributed by atoms with van der Waals surface area (Å²) in [6, 6.07) is 0.0464. The van der Waals surface area contributed by atoms with Crippen molar-refractivity contribution in [3.63, 3.8) is 0 Å². The maximum Gasteiger partial charge on any atom is 0.304 e. The molecule has 0 radical (unpaired) electrons. The van der Waals surface area contributed by atoms with Gasteiger partial charge >= 0.3 is 5.97 Å². The highest BCUT2D eigenvalue weighted by Gasteiger charge is 2.30. The van der Waals surface area contributed by atoms with Gasteiger partial charge in [-0.1, -0.05) is 6.92 Å². The number of piperidine rings is 1. The van der Waals surface area contributed by atoms with Gasteiger partial charge in [0.2, 0.25) is 5.91 Å². The average Bonchev–Trinajstić information content (AvgIpc) is 2.76. The molecule has 5 heteroatoms. The molecule has 19 heavy (non-hydrogen) atoms. The van der Waals surface area contributed by atoms with Crippen LogP contribution in [0.3, 0.4) is 0 Å². The van der Waals surface area contributed by atoms with E-state index in [-0.39, 0.29) is 18.4 Å². The van der Waals surface area contributed by atoms with Gasteiger partial charge in [0.05, 0.1) is 13.0 Å². The van der Waals surface area contributed by atoms with E-state index in [9.17, 15) is 9.59 Å².